The van der Waals surface area contributed by atoms with Gasteiger partial charge in [0.25, 0.3) is 5.91 Å². The van der Waals surface area contributed by atoms with Gasteiger partial charge in [-0.25, -0.2) is 9.37 Å². The minimum absolute atomic E-state index is 0.0835. The maximum Gasteiger partial charge on any atom is 0.256 e. The number of pyridine rings is 1. The number of ether oxygens (including phenoxy) is 2. The number of halogens is 1. The minimum atomic E-state index is -1.15. The molecule has 0 saturated carbocycles. The number of aromatic nitrogens is 1. The zero-order valence-corrected chi connectivity index (χ0v) is 17.5. The Balaban J connectivity index is 1.28. The second-order valence-corrected chi connectivity index (χ2v) is 8.40. The third-order valence-electron chi connectivity index (χ3n) is 6.26. The van der Waals surface area contributed by atoms with E-state index in [9.17, 15) is 4.79 Å². The minimum Gasteiger partial charge on any atom is -0.487 e. The molecule has 1 fully saturated rings. The summed E-state index contributed by atoms with van der Waals surface area (Å²) in [6.07, 6.45) is -1.11. The molecule has 5 rings (SSSR count). The lowest BCUT2D eigenvalue weighted by molar-refractivity contribution is 0.0745. The van der Waals surface area contributed by atoms with Crippen molar-refractivity contribution in [1.29, 1.82) is 0 Å². The van der Waals surface area contributed by atoms with E-state index in [1.54, 1.807) is 4.90 Å². The summed E-state index contributed by atoms with van der Waals surface area (Å²) in [4.78, 5) is 20.7. The maximum absolute atomic E-state index is 15.1. The summed E-state index contributed by atoms with van der Waals surface area (Å²) < 4.78 is 26.5. The van der Waals surface area contributed by atoms with Gasteiger partial charge in [-0.05, 0) is 41.8 Å². The van der Waals surface area contributed by atoms with Crippen LogP contribution in [0.3, 0.4) is 0 Å². The van der Waals surface area contributed by atoms with Crippen molar-refractivity contribution in [2.24, 2.45) is 0 Å². The molecule has 7 nitrogen and oxygen atoms in total. The Morgan fingerprint density at radius 2 is 2.13 bits per heavy atom. The lowest BCUT2D eigenvalue weighted by atomic mass is 10.0. The first-order chi connectivity index (χ1) is 15.0. The van der Waals surface area contributed by atoms with Gasteiger partial charge in [-0.1, -0.05) is 6.07 Å². The van der Waals surface area contributed by atoms with E-state index in [1.807, 2.05) is 36.1 Å². The molecule has 2 aromatic rings. The number of β-amino-alcohol motifs (C(OH)–C–C–N with tert-alkyl or cyclic N) is 1. The SMILES string of the molecule is Cc1cc2c(nc1N1CC[C@@H](Oc3ccc4c(c3)COC4)[C@H](F)C1)CN(CCO)C2=O. The second kappa shape index (κ2) is 8.09. The van der Waals surface area contributed by atoms with E-state index in [-0.39, 0.29) is 25.6 Å². The number of amides is 1. The second-order valence-electron chi connectivity index (χ2n) is 8.40. The highest BCUT2D eigenvalue weighted by atomic mass is 19.1. The fourth-order valence-corrected chi connectivity index (χ4v) is 4.60. The highest BCUT2D eigenvalue weighted by Crippen LogP contribution is 2.31. The lowest BCUT2D eigenvalue weighted by Gasteiger charge is -2.36. The fraction of sp³-hybridized carbons (Fsp3) is 0.478. The molecule has 31 heavy (non-hydrogen) atoms. The predicted octanol–water partition coefficient (Wildman–Crippen LogP) is 2.36. The largest absolute Gasteiger partial charge is 0.487 e. The first-order valence-corrected chi connectivity index (χ1v) is 10.7. The Hall–Kier alpha value is -2.71. The molecule has 3 aliphatic rings. The van der Waals surface area contributed by atoms with E-state index in [0.717, 1.165) is 16.7 Å². The molecular formula is C23H26FN3O4. The summed E-state index contributed by atoms with van der Waals surface area (Å²) in [5, 5.41) is 9.16. The van der Waals surface area contributed by atoms with Gasteiger partial charge in [0.15, 0.2) is 6.17 Å². The molecule has 0 radical (unpaired) electrons. The van der Waals surface area contributed by atoms with Crippen LogP contribution in [0.5, 0.6) is 5.75 Å². The molecule has 2 atom stereocenters. The molecule has 1 aromatic carbocycles. The topological polar surface area (TPSA) is 75.1 Å². The van der Waals surface area contributed by atoms with E-state index in [4.69, 9.17) is 19.6 Å². The first kappa shape index (κ1) is 20.2. The molecule has 0 spiro atoms. The summed E-state index contributed by atoms with van der Waals surface area (Å²) >= 11 is 0. The number of rotatable bonds is 5. The smallest absolute Gasteiger partial charge is 0.256 e. The van der Waals surface area contributed by atoms with Crippen LogP contribution in [-0.4, -0.2) is 59.4 Å². The monoisotopic (exact) mass is 427 g/mol. The lowest BCUT2D eigenvalue weighted by Crippen LogP contribution is -2.47. The highest BCUT2D eigenvalue weighted by molar-refractivity contribution is 5.98. The van der Waals surface area contributed by atoms with Gasteiger partial charge in [0, 0.05) is 19.5 Å². The molecule has 1 aromatic heterocycles. The molecule has 3 aliphatic heterocycles. The van der Waals surface area contributed by atoms with Gasteiger partial charge < -0.3 is 24.4 Å². The third-order valence-corrected chi connectivity index (χ3v) is 6.26. The highest BCUT2D eigenvalue weighted by Gasteiger charge is 2.34. The van der Waals surface area contributed by atoms with Gasteiger partial charge in [0.1, 0.15) is 17.7 Å². The van der Waals surface area contributed by atoms with Crippen molar-refractivity contribution in [3.8, 4) is 5.75 Å². The third kappa shape index (κ3) is 3.74. The Bertz CT molecular complexity index is 1010. The van der Waals surface area contributed by atoms with Gasteiger partial charge in [-0.15, -0.1) is 0 Å². The number of fused-ring (bicyclic) bond motifs is 2. The van der Waals surface area contributed by atoms with Crippen molar-refractivity contribution < 1.29 is 23.8 Å². The summed E-state index contributed by atoms with van der Waals surface area (Å²) in [6, 6.07) is 7.65. The number of alkyl halides is 1. The molecule has 1 amide bonds. The number of aliphatic hydroxyl groups is 1. The first-order valence-electron chi connectivity index (χ1n) is 10.7. The number of nitrogens with zero attached hydrogens (tertiary/aromatic N) is 3. The molecule has 8 heteroatoms. The number of anilines is 1. The Morgan fingerprint density at radius 1 is 1.29 bits per heavy atom. The molecule has 1 saturated heterocycles. The van der Waals surface area contributed by atoms with Gasteiger partial charge in [-0.2, -0.15) is 0 Å². The van der Waals surface area contributed by atoms with Gasteiger partial charge in [0.2, 0.25) is 0 Å². The molecule has 0 aliphatic carbocycles. The molecular weight excluding hydrogens is 401 g/mol. The zero-order chi connectivity index (χ0) is 21.5. The number of piperidine rings is 1. The van der Waals surface area contributed by atoms with Crippen molar-refractivity contribution in [2.45, 2.75) is 45.4 Å². The summed E-state index contributed by atoms with van der Waals surface area (Å²) in [6.45, 7) is 4.49. The molecule has 164 valence electrons. The number of carbonyl (C=O) groups excluding carboxylic acids is 1. The van der Waals surface area contributed by atoms with Crippen molar-refractivity contribution in [1.82, 2.24) is 9.88 Å². The van der Waals surface area contributed by atoms with E-state index < -0.39 is 12.3 Å². The summed E-state index contributed by atoms with van der Waals surface area (Å²) in [5.74, 6) is 1.29. The molecule has 4 heterocycles. The van der Waals surface area contributed by atoms with Crippen molar-refractivity contribution >= 4 is 11.7 Å². The quantitative estimate of drug-likeness (QED) is 0.790. The Labute approximate surface area is 180 Å². The van der Waals surface area contributed by atoms with Crippen LogP contribution in [-0.2, 0) is 24.5 Å². The normalized spacial score (nSPS) is 22.6. The van der Waals surface area contributed by atoms with Crippen LogP contribution in [0.25, 0.3) is 0 Å². The van der Waals surface area contributed by atoms with Crippen LogP contribution < -0.4 is 9.64 Å². The summed E-state index contributed by atoms with van der Waals surface area (Å²) in [7, 11) is 0. The van der Waals surface area contributed by atoms with Crippen molar-refractivity contribution in [2.75, 3.05) is 31.1 Å². The standard InChI is InChI=1S/C23H26FN3O4/c1-14-8-18-20(11-27(6-7-28)23(18)29)25-22(14)26-5-4-21(19(24)10-26)31-17-3-2-15-12-30-13-16(15)9-17/h2-3,8-9,19,21,28H,4-7,10-13H2,1H3/t19-,21-/m1/s1. The van der Waals surface area contributed by atoms with Gasteiger partial charge in [0.05, 0.1) is 44.2 Å². The van der Waals surface area contributed by atoms with Gasteiger partial charge in [-0.3, -0.25) is 4.79 Å². The molecule has 1 N–H and O–H groups in total. The van der Waals surface area contributed by atoms with Crippen molar-refractivity contribution in [3.05, 3.63) is 52.2 Å². The van der Waals surface area contributed by atoms with Crippen LogP contribution in [0.1, 0.15) is 39.2 Å². The van der Waals surface area contributed by atoms with E-state index in [0.29, 0.717) is 55.5 Å². The van der Waals surface area contributed by atoms with E-state index >= 15 is 4.39 Å². The predicted molar refractivity (Wildman–Crippen MR) is 112 cm³/mol. The van der Waals surface area contributed by atoms with Crippen molar-refractivity contribution in [3.63, 3.8) is 0 Å². The average Bonchev–Trinajstić information content (AvgIpc) is 3.34. The van der Waals surface area contributed by atoms with Crippen LogP contribution >= 0.6 is 0 Å². The number of hydrogen-bond acceptors (Lipinski definition) is 6. The number of aryl methyl sites for hydroxylation is 1. The number of hydrogen-bond donors (Lipinski definition) is 1. The Morgan fingerprint density at radius 3 is 2.94 bits per heavy atom. The number of aliphatic hydroxyl groups excluding tert-OH is 1. The zero-order valence-electron chi connectivity index (χ0n) is 17.5. The average molecular weight is 427 g/mol. The van der Waals surface area contributed by atoms with E-state index in [2.05, 4.69) is 0 Å². The summed E-state index contributed by atoms with van der Waals surface area (Å²) in [5.41, 5.74) is 4.38. The van der Waals surface area contributed by atoms with E-state index in [1.165, 1.54) is 0 Å². The van der Waals surface area contributed by atoms with Crippen LogP contribution in [0.4, 0.5) is 10.2 Å². The van der Waals surface area contributed by atoms with Gasteiger partial charge >= 0.3 is 0 Å². The molecule has 0 bridgehead atoms. The fourth-order valence-electron chi connectivity index (χ4n) is 4.60. The van der Waals surface area contributed by atoms with Crippen LogP contribution in [0, 0.1) is 6.92 Å². The molecule has 0 unspecified atom stereocenters. The van der Waals surface area contributed by atoms with Crippen LogP contribution in [0.2, 0.25) is 0 Å². The maximum atomic E-state index is 15.1. The Kier molecular flexibility index (Phi) is 5.27. The van der Waals surface area contributed by atoms with Crippen LogP contribution in [0.15, 0.2) is 24.3 Å². The number of carbonyl (C=O) groups is 1. The number of benzene rings is 1.